The maximum atomic E-state index is 6.25. The van der Waals surface area contributed by atoms with Crippen LogP contribution in [0, 0.1) is 0 Å². The summed E-state index contributed by atoms with van der Waals surface area (Å²) < 4.78 is 8.66. The Hall–Kier alpha value is -6.58. The molecule has 0 aliphatic heterocycles. The molecule has 0 N–H and O–H groups in total. The Balaban J connectivity index is 1.27. The zero-order valence-electron chi connectivity index (χ0n) is 26.6. The Morgan fingerprint density at radius 2 is 1.10 bits per heavy atom. The van der Waals surface area contributed by atoms with Gasteiger partial charge in [-0.1, -0.05) is 115 Å². The maximum absolute atomic E-state index is 6.25. The molecule has 0 radical (unpaired) electrons. The van der Waals surface area contributed by atoms with Gasteiger partial charge in [0, 0.05) is 38.6 Å². The van der Waals surface area contributed by atoms with Gasteiger partial charge >= 0.3 is 0 Å². The van der Waals surface area contributed by atoms with Crippen LogP contribution in [0.25, 0.3) is 71.3 Å². The van der Waals surface area contributed by atoms with Crippen molar-refractivity contribution < 1.29 is 4.42 Å². The van der Waals surface area contributed by atoms with Crippen molar-refractivity contribution in [3.05, 3.63) is 182 Å². The van der Waals surface area contributed by atoms with Crippen molar-refractivity contribution in [1.82, 2.24) is 4.57 Å². The number of nitrogens with zero attached hydrogens (tertiary/aromatic N) is 2. The summed E-state index contributed by atoms with van der Waals surface area (Å²) >= 11 is 0. The molecule has 2 heterocycles. The molecule has 3 heteroatoms. The van der Waals surface area contributed by atoms with Crippen LogP contribution in [0.3, 0.4) is 0 Å². The number of fused-ring (bicyclic) bond motifs is 7. The molecule has 10 aromatic rings. The van der Waals surface area contributed by atoms with Crippen LogP contribution in [0.4, 0.5) is 17.1 Å². The number of benzene rings is 8. The lowest BCUT2D eigenvalue weighted by molar-refractivity contribution is 0.669. The number of furan rings is 1. The molecule has 0 saturated heterocycles. The molecule has 49 heavy (non-hydrogen) atoms. The normalized spacial score (nSPS) is 11.7. The number of hydrogen-bond donors (Lipinski definition) is 0. The molecule has 0 spiro atoms. The second kappa shape index (κ2) is 11.0. The predicted octanol–water partition coefficient (Wildman–Crippen LogP) is 13.0. The summed E-state index contributed by atoms with van der Waals surface area (Å²) in [5.74, 6) is 0. The van der Waals surface area contributed by atoms with Crippen LogP contribution < -0.4 is 4.90 Å². The molecular weight excluding hydrogens is 597 g/mol. The fourth-order valence-corrected chi connectivity index (χ4v) is 7.50. The molecule has 10 rings (SSSR count). The van der Waals surface area contributed by atoms with E-state index in [4.69, 9.17) is 4.42 Å². The number of aromatic nitrogens is 1. The monoisotopic (exact) mass is 626 g/mol. The molecule has 0 aliphatic rings. The SMILES string of the molecule is c1ccc(-c2cccc(N(c3ccc4cc5oc6ccccc6c5cc4c3)c3cccc4c5ccccc5n(-c5ccccc5)c34)c2)cc1. The van der Waals surface area contributed by atoms with E-state index in [2.05, 4.69) is 179 Å². The highest BCUT2D eigenvalue weighted by Crippen LogP contribution is 2.45. The topological polar surface area (TPSA) is 21.3 Å². The van der Waals surface area contributed by atoms with Gasteiger partial charge in [-0.2, -0.15) is 0 Å². The van der Waals surface area contributed by atoms with Crippen LogP contribution in [0.2, 0.25) is 0 Å². The third-order valence-corrected chi connectivity index (χ3v) is 9.72. The molecule has 0 amide bonds. The molecular formula is C46H30N2O. The Kier molecular flexibility index (Phi) is 6.18. The number of rotatable bonds is 5. The minimum Gasteiger partial charge on any atom is -0.456 e. The third kappa shape index (κ3) is 4.44. The summed E-state index contributed by atoms with van der Waals surface area (Å²) in [6.07, 6.45) is 0. The van der Waals surface area contributed by atoms with Gasteiger partial charge in [0.15, 0.2) is 0 Å². The highest BCUT2D eigenvalue weighted by molar-refractivity contribution is 6.15. The maximum Gasteiger partial charge on any atom is 0.136 e. The fraction of sp³-hybridized carbons (Fsp3) is 0. The van der Waals surface area contributed by atoms with Crippen LogP contribution in [-0.4, -0.2) is 4.57 Å². The van der Waals surface area contributed by atoms with Gasteiger partial charge in [0.05, 0.1) is 16.7 Å². The van der Waals surface area contributed by atoms with Gasteiger partial charge < -0.3 is 13.9 Å². The molecule has 0 fully saturated rings. The average Bonchev–Trinajstić information content (AvgIpc) is 3.70. The summed E-state index contributed by atoms with van der Waals surface area (Å²) in [6, 6.07) is 65.1. The second-order valence-electron chi connectivity index (χ2n) is 12.6. The number of anilines is 3. The lowest BCUT2D eigenvalue weighted by Crippen LogP contribution is -2.12. The molecule has 0 atom stereocenters. The van der Waals surface area contributed by atoms with Crippen molar-refractivity contribution in [2.24, 2.45) is 0 Å². The lowest BCUT2D eigenvalue weighted by Gasteiger charge is -2.28. The van der Waals surface area contributed by atoms with Crippen molar-refractivity contribution in [3.8, 4) is 16.8 Å². The summed E-state index contributed by atoms with van der Waals surface area (Å²) in [4.78, 5) is 2.42. The molecule has 0 saturated carbocycles. The van der Waals surface area contributed by atoms with Gasteiger partial charge in [-0.3, -0.25) is 0 Å². The average molecular weight is 627 g/mol. The van der Waals surface area contributed by atoms with E-state index in [1.54, 1.807) is 0 Å². The Morgan fingerprint density at radius 3 is 1.98 bits per heavy atom. The van der Waals surface area contributed by atoms with E-state index in [1.165, 1.54) is 27.4 Å². The molecule has 0 bridgehead atoms. The first-order valence-electron chi connectivity index (χ1n) is 16.7. The van der Waals surface area contributed by atoms with Crippen LogP contribution >= 0.6 is 0 Å². The molecule has 0 unspecified atom stereocenters. The van der Waals surface area contributed by atoms with Gasteiger partial charge in [-0.05, 0) is 88.6 Å². The highest BCUT2D eigenvalue weighted by Gasteiger charge is 2.22. The van der Waals surface area contributed by atoms with Gasteiger partial charge in [0.25, 0.3) is 0 Å². The van der Waals surface area contributed by atoms with E-state index in [0.29, 0.717) is 0 Å². The van der Waals surface area contributed by atoms with Gasteiger partial charge in [-0.25, -0.2) is 0 Å². The molecule has 2 aromatic heterocycles. The van der Waals surface area contributed by atoms with Gasteiger partial charge in [-0.15, -0.1) is 0 Å². The van der Waals surface area contributed by atoms with Gasteiger partial charge in [0.2, 0.25) is 0 Å². The first-order valence-corrected chi connectivity index (χ1v) is 16.7. The Labute approximate surface area is 283 Å². The highest BCUT2D eigenvalue weighted by atomic mass is 16.3. The molecule has 3 nitrogen and oxygen atoms in total. The standard InChI is InChI=1S/C46H30N2O/c1-3-13-31(14-4-1)32-15-11-18-36(27-32)47(37-26-25-33-30-45-41(29-34(33)28-37)39-20-8-10-24-44(39)49-45)43-23-12-21-40-38-19-7-9-22-42(38)48(46(40)43)35-16-5-2-6-17-35/h1-30H. The first kappa shape index (κ1) is 27.5. The summed E-state index contributed by atoms with van der Waals surface area (Å²) in [7, 11) is 0. The van der Waals surface area contributed by atoms with Crippen molar-refractivity contribution in [2.75, 3.05) is 4.90 Å². The van der Waals surface area contributed by atoms with Gasteiger partial charge in [0.1, 0.15) is 11.2 Å². The van der Waals surface area contributed by atoms with Crippen molar-refractivity contribution in [2.45, 2.75) is 0 Å². The van der Waals surface area contributed by atoms with E-state index in [1.807, 2.05) is 12.1 Å². The van der Waals surface area contributed by atoms with E-state index < -0.39 is 0 Å². The van der Waals surface area contributed by atoms with Crippen molar-refractivity contribution in [1.29, 1.82) is 0 Å². The summed E-state index contributed by atoms with van der Waals surface area (Å²) in [5.41, 5.74) is 10.9. The van der Waals surface area contributed by atoms with E-state index in [-0.39, 0.29) is 0 Å². The lowest BCUT2D eigenvalue weighted by atomic mass is 10.0. The summed E-state index contributed by atoms with van der Waals surface area (Å²) in [6.45, 7) is 0. The summed E-state index contributed by atoms with van der Waals surface area (Å²) in [5, 5.41) is 7.02. The zero-order chi connectivity index (χ0) is 32.3. The van der Waals surface area contributed by atoms with Crippen molar-refractivity contribution in [3.63, 3.8) is 0 Å². The molecule has 230 valence electrons. The fourth-order valence-electron chi connectivity index (χ4n) is 7.50. The van der Waals surface area contributed by atoms with Crippen LogP contribution in [0.5, 0.6) is 0 Å². The number of hydrogen-bond acceptors (Lipinski definition) is 2. The second-order valence-corrected chi connectivity index (χ2v) is 12.6. The van der Waals surface area contributed by atoms with Crippen LogP contribution in [-0.2, 0) is 0 Å². The predicted molar refractivity (Wildman–Crippen MR) is 206 cm³/mol. The largest absolute Gasteiger partial charge is 0.456 e. The Bertz CT molecular complexity index is 2830. The van der Waals surface area contributed by atoms with E-state index >= 15 is 0 Å². The zero-order valence-corrected chi connectivity index (χ0v) is 26.6. The van der Waals surface area contributed by atoms with Crippen LogP contribution in [0.1, 0.15) is 0 Å². The molecule has 0 aliphatic carbocycles. The quantitative estimate of drug-likeness (QED) is 0.190. The van der Waals surface area contributed by atoms with E-state index in [9.17, 15) is 0 Å². The first-order chi connectivity index (χ1) is 24.3. The van der Waals surface area contributed by atoms with Crippen LogP contribution in [0.15, 0.2) is 186 Å². The molecule has 8 aromatic carbocycles. The smallest absolute Gasteiger partial charge is 0.136 e. The number of para-hydroxylation sites is 4. The Morgan fingerprint density at radius 1 is 0.408 bits per heavy atom. The van der Waals surface area contributed by atoms with E-state index in [0.717, 1.165) is 61.0 Å². The minimum atomic E-state index is 0.908. The minimum absolute atomic E-state index is 0.908. The van der Waals surface area contributed by atoms with Crippen molar-refractivity contribution >= 4 is 71.6 Å². The third-order valence-electron chi connectivity index (χ3n) is 9.72.